The van der Waals surface area contributed by atoms with Gasteiger partial charge in [-0.25, -0.2) is 4.98 Å². The van der Waals surface area contributed by atoms with Crippen LogP contribution >= 0.6 is 31.9 Å². The van der Waals surface area contributed by atoms with Crippen LogP contribution in [0.2, 0.25) is 0 Å². The molecule has 0 atom stereocenters. The van der Waals surface area contributed by atoms with Crippen LogP contribution in [0.1, 0.15) is 5.56 Å². The Kier molecular flexibility index (Phi) is 3.54. The van der Waals surface area contributed by atoms with E-state index in [1.54, 1.807) is 19.3 Å². The van der Waals surface area contributed by atoms with Gasteiger partial charge in [0.25, 0.3) is 11.8 Å². The molecule has 2 rings (SSSR count). The molecule has 94 valence electrons. The minimum absolute atomic E-state index is 0.214. The van der Waals surface area contributed by atoms with Crippen LogP contribution in [0.5, 0.6) is 0 Å². The molecule has 0 fully saturated rings. The highest BCUT2D eigenvalue weighted by atomic mass is 79.9. The van der Waals surface area contributed by atoms with Crippen LogP contribution in [0.25, 0.3) is 0 Å². The highest BCUT2D eigenvalue weighted by Crippen LogP contribution is 2.31. The van der Waals surface area contributed by atoms with E-state index in [2.05, 4.69) is 36.8 Å². The molecule has 7 heteroatoms. The fraction of sp³-hybridized carbons (Fsp3) is 0.182. The van der Waals surface area contributed by atoms with Crippen LogP contribution < -0.4 is 5.01 Å². The molecule has 0 bridgehead atoms. The maximum atomic E-state index is 11.9. The second-order valence-corrected chi connectivity index (χ2v) is 5.35. The SMILES string of the molecule is Cc1ccc(N(C)N2C(=O)C(Br)=C(Br)C2=O)nc1. The summed E-state index contributed by atoms with van der Waals surface area (Å²) < 4.78 is 0.429. The van der Waals surface area contributed by atoms with Gasteiger partial charge in [-0.3, -0.25) is 14.6 Å². The number of carbonyl (C=O) groups is 2. The van der Waals surface area contributed by atoms with Crippen LogP contribution in [0.3, 0.4) is 0 Å². The van der Waals surface area contributed by atoms with Gasteiger partial charge in [-0.15, -0.1) is 0 Å². The summed E-state index contributed by atoms with van der Waals surface area (Å²) in [6, 6.07) is 3.61. The normalized spacial score (nSPS) is 15.7. The number of carbonyl (C=O) groups excluding carboxylic acids is 2. The van der Waals surface area contributed by atoms with Gasteiger partial charge in [0.05, 0.1) is 0 Å². The molecule has 2 heterocycles. The first-order valence-electron chi connectivity index (χ1n) is 5.04. The first-order chi connectivity index (χ1) is 8.43. The average Bonchev–Trinajstić information content (AvgIpc) is 2.54. The fourth-order valence-corrected chi connectivity index (χ4v) is 2.17. The maximum Gasteiger partial charge on any atom is 0.288 e. The van der Waals surface area contributed by atoms with Crippen LogP contribution in [-0.4, -0.2) is 28.9 Å². The van der Waals surface area contributed by atoms with Gasteiger partial charge in [-0.2, -0.15) is 5.01 Å². The monoisotopic (exact) mass is 373 g/mol. The quantitative estimate of drug-likeness (QED) is 0.744. The van der Waals surface area contributed by atoms with Crippen molar-refractivity contribution in [2.45, 2.75) is 6.92 Å². The van der Waals surface area contributed by atoms with Crippen molar-refractivity contribution in [3.8, 4) is 0 Å². The largest absolute Gasteiger partial charge is 0.288 e. The molecular weight excluding hydrogens is 366 g/mol. The van der Waals surface area contributed by atoms with Crippen LogP contribution in [0, 0.1) is 6.92 Å². The maximum absolute atomic E-state index is 11.9. The molecular formula is C11H9Br2N3O2. The summed E-state index contributed by atoms with van der Waals surface area (Å²) in [5.74, 6) is -0.321. The van der Waals surface area contributed by atoms with E-state index in [0.717, 1.165) is 10.6 Å². The summed E-state index contributed by atoms with van der Waals surface area (Å²) in [6.45, 7) is 1.91. The molecule has 1 aromatic rings. The van der Waals surface area contributed by atoms with Crippen molar-refractivity contribution in [1.82, 2.24) is 9.99 Å². The first-order valence-corrected chi connectivity index (χ1v) is 6.62. The number of pyridine rings is 1. The molecule has 0 aromatic carbocycles. The number of amides is 2. The zero-order valence-electron chi connectivity index (χ0n) is 9.65. The van der Waals surface area contributed by atoms with Crippen molar-refractivity contribution < 1.29 is 9.59 Å². The molecule has 5 nitrogen and oxygen atoms in total. The van der Waals surface area contributed by atoms with E-state index in [1.807, 2.05) is 13.0 Å². The van der Waals surface area contributed by atoms with E-state index in [0.29, 0.717) is 5.82 Å². The first kappa shape index (κ1) is 13.2. The van der Waals surface area contributed by atoms with Crippen molar-refractivity contribution in [2.24, 2.45) is 0 Å². The number of nitrogens with zero attached hydrogens (tertiary/aromatic N) is 3. The second-order valence-electron chi connectivity index (χ2n) is 3.77. The molecule has 0 spiro atoms. The van der Waals surface area contributed by atoms with Gasteiger partial charge in [-0.1, -0.05) is 6.07 Å². The average molecular weight is 375 g/mol. The molecule has 1 aromatic heterocycles. The van der Waals surface area contributed by atoms with Crippen molar-refractivity contribution >= 4 is 49.5 Å². The number of rotatable bonds is 2. The van der Waals surface area contributed by atoms with Crippen molar-refractivity contribution in [1.29, 1.82) is 0 Å². The van der Waals surface area contributed by atoms with Crippen molar-refractivity contribution in [2.75, 3.05) is 12.1 Å². The predicted octanol–water partition coefficient (Wildman–Crippen LogP) is 2.11. The lowest BCUT2D eigenvalue weighted by Gasteiger charge is -2.26. The zero-order valence-corrected chi connectivity index (χ0v) is 12.8. The van der Waals surface area contributed by atoms with Gasteiger partial charge in [-0.05, 0) is 50.4 Å². The Bertz CT molecular complexity index is 530. The van der Waals surface area contributed by atoms with E-state index in [1.165, 1.54) is 5.01 Å². The Morgan fingerprint density at radius 3 is 2.17 bits per heavy atom. The lowest BCUT2D eigenvalue weighted by Crippen LogP contribution is -2.45. The standard InChI is InChI=1S/C11H9Br2N3O2/c1-6-3-4-7(14-5-6)15(2)16-10(17)8(12)9(13)11(16)18/h3-5H,1-2H3. The number of halogens is 2. The molecule has 1 aliphatic rings. The number of anilines is 1. The fourth-order valence-electron chi connectivity index (χ4n) is 1.49. The number of imide groups is 1. The van der Waals surface area contributed by atoms with Crippen molar-refractivity contribution in [3.05, 3.63) is 32.9 Å². The van der Waals surface area contributed by atoms with Gasteiger partial charge in [0.1, 0.15) is 14.8 Å². The highest BCUT2D eigenvalue weighted by Gasteiger charge is 2.39. The summed E-state index contributed by atoms with van der Waals surface area (Å²) in [5, 5.41) is 2.44. The number of aromatic nitrogens is 1. The van der Waals surface area contributed by atoms with E-state index in [4.69, 9.17) is 0 Å². The van der Waals surface area contributed by atoms with Crippen LogP contribution in [0.15, 0.2) is 27.3 Å². The smallest absolute Gasteiger partial charge is 0.266 e. The van der Waals surface area contributed by atoms with Gasteiger partial charge in [0.2, 0.25) is 0 Å². The number of hydrogen-bond donors (Lipinski definition) is 0. The molecule has 0 unspecified atom stereocenters. The molecule has 2 amide bonds. The molecule has 0 saturated heterocycles. The highest BCUT2D eigenvalue weighted by molar-refractivity contribution is 9.14. The Morgan fingerprint density at radius 2 is 1.72 bits per heavy atom. The number of hydrogen-bond acceptors (Lipinski definition) is 4. The van der Waals surface area contributed by atoms with E-state index < -0.39 is 11.8 Å². The lowest BCUT2D eigenvalue weighted by molar-refractivity contribution is -0.137. The third-order valence-corrected chi connectivity index (χ3v) is 4.48. The summed E-state index contributed by atoms with van der Waals surface area (Å²) in [6.07, 6.45) is 1.67. The summed E-state index contributed by atoms with van der Waals surface area (Å²) in [7, 11) is 1.61. The molecule has 0 saturated carbocycles. The Balaban J connectivity index is 2.31. The Morgan fingerprint density at radius 1 is 1.17 bits per heavy atom. The molecule has 0 N–H and O–H groups in total. The summed E-state index contributed by atoms with van der Waals surface area (Å²) in [5.41, 5.74) is 1.01. The molecule has 1 aliphatic heterocycles. The molecule has 18 heavy (non-hydrogen) atoms. The Hall–Kier alpha value is -1.21. The minimum atomic E-state index is -0.420. The van der Waals surface area contributed by atoms with Gasteiger partial charge < -0.3 is 0 Å². The molecule has 0 aliphatic carbocycles. The molecule has 0 radical (unpaired) electrons. The van der Waals surface area contributed by atoms with E-state index in [9.17, 15) is 9.59 Å². The van der Waals surface area contributed by atoms with E-state index in [-0.39, 0.29) is 8.96 Å². The third kappa shape index (κ3) is 2.08. The van der Waals surface area contributed by atoms with Crippen LogP contribution in [0.4, 0.5) is 5.82 Å². The summed E-state index contributed by atoms with van der Waals surface area (Å²) >= 11 is 6.15. The van der Waals surface area contributed by atoms with E-state index >= 15 is 0 Å². The minimum Gasteiger partial charge on any atom is -0.266 e. The second kappa shape index (κ2) is 4.81. The van der Waals surface area contributed by atoms with Gasteiger partial charge >= 0.3 is 0 Å². The van der Waals surface area contributed by atoms with Crippen LogP contribution in [-0.2, 0) is 9.59 Å². The number of aryl methyl sites for hydroxylation is 1. The summed E-state index contributed by atoms with van der Waals surface area (Å²) in [4.78, 5) is 28.0. The topological polar surface area (TPSA) is 53.5 Å². The zero-order chi connectivity index (χ0) is 13.4. The number of hydrazine groups is 1. The van der Waals surface area contributed by atoms with Gasteiger partial charge in [0.15, 0.2) is 0 Å². The Labute approximate surface area is 121 Å². The lowest BCUT2D eigenvalue weighted by atomic mass is 10.3. The third-order valence-electron chi connectivity index (χ3n) is 2.48. The van der Waals surface area contributed by atoms with Crippen molar-refractivity contribution in [3.63, 3.8) is 0 Å². The predicted molar refractivity (Wildman–Crippen MR) is 74.1 cm³/mol. The van der Waals surface area contributed by atoms with Gasteiger partial charge in [0, 0.05) is 13.2 Å².